The lowest BCUT2D eigenvalue weighted by Gasteiger charge is -2.12. The molecule has 2 nitrogen and oxygen atoms in total. The predicted octanol–water partition coefficient (Wildman–Crippen LogP) is 2.05. The second-order valence-corrected chi connectivity index (χ2v) is 3.47. The highest BCUT2D eigenvalue weighted by Gasteiger charge is 2.25. The Morgan fingerprint density at radius 2 is 2.00 bits per heavy atom. The van der Waals surface area contributed by atoms with Crippen LogP contribution in [0.4, 0.5) is 13.2 Å². The molecule has 0 fully saturated rings. The van der Waals surface area contributed by atoms with Gasteiger partial charge < -0.3 is 11.1 Å². The van der Waals surface area contributed by atoms with Crippen molar-refractivity contribution in [2.24, 2.45) is 5.73 Å². The van der Waals surface area contributed by atoms with E-state index >= 15 is 0 Å². The van der Waals surface area contributed by atoms with Crippen molar-refractivity contribution in [3.05, 3.63) is 0 Å². The molecule has 0 aromatic carbocycles. The van der Waals surface area contributed by atoms with Crippen molar-refractivity contribution in [3.63, 3.8) is 0 Å². The van der Waals surface area contributed by atoms with E-state index in [1.165, 1.54) is 0 Å². The van der Waals surface area contributed by atoms with Crippen molar-refractivity contribution in [2.45, 2.75) is 44.8 Å². The maximum Gasteiger partial charge on any atom is 0.390 e. The molecule has 1 atom stereocenters. The molecule has 0 aromatic rings. The van der Waals surface area contributed by atoms with Gasteiger partial charge in [0.2, 0.25) is 0 Å². The van der Waals surface area contributed by atoms with Crippen LogP contribution in [0, 0.1) is 0 Å². The second-order valence-electron chi connectivity index (χ2n) is 3.47. The zero-order valence-electron chi connectivity index (χ0n) is 8.53. The molecule has 0 aliphatic carbocycles. The van der Waals surface area contributed by atoms with E-state index in [4.69, 9.17) is 5.73 Å². The van der Waals surface area contributed by atoms with Crippen LogP contribution >= 0.6 is 0 Å². The van der Waals surface area contributed by atoms with Gasteiger partial charge in [-0.05, 0) is 6.42 Å². The Hall–Kier alpha value is -0.290. The van der Waals surface area contributed by atoms with Gasteiger partial charge in [-0.2, -0.15) is 13.2 Å². The Kier molecular flexibility index (Phi) is 6.92. The Balaban J connectivity index is 3.27. The number of nitrogens with two attached hydrogens (primary N) is 1. The lowest BCUT2D eigenvalue weighted by atomic mass is 10.1. The average molecular weight is 212 g/mol. The van der Waals surface area contributed by atoms with Crippen molar-refractivity contribution in [1.82, 2.24) is 5.32 Å². The van der Waals surface area contributed by atoms with E-state index in [2.05, 4.69) is 12.2 Å². The summed E-state index contributed by atoms with van der Waals surface area (Å²) in [6, 6.07) is -0.0248. The SMILES string of the molecule is CCCCC(N)CNCCC(F)(F)F. The first kappa shape index (κ1) is 13.7. The van der Waals surface area contributed by atoms with Gasteiger partial charge >= 0.3 is 6.18 Å². The van der Waals surface area contributed by atoms with Crippen LogP contribution in [0.5, 0.6) is 0 Å². The predicted molar refractivity (Wildman–Crippen MR) is 51.0 cm³/mol. The molecule has 0 aliphatic heterocycles. The van der Waals surface area contributed by atoms with Gasteiger partial charge in [0.15, 0.2) is 0 Å². The Morgan fingerprint density at radius 3 is 2.50 bits per heavy atom. The average Bonchev–Trinajstić information content (AvgIpc) is 2.07. The molecular formula is C9H19F3N2. The van der Waals surface area contributed by atoms with E-state index in [1.807, 2.05) is 0 Å². The molecule has 0 aliphatic rings. The Morgan fingerprint density at radius 1 is 1.36 bits per heavy atom. The van der Waals surface area contributed by atoms with Crippen molar-refractivity contribution in [2.75, 3.05) is 13.1 Å². The highest BCUT2D eigenvalue weighted by Crippen LogP contribution is 2.17. The normalized spacial score (nSPS) is 14.4. The first-order valence-corrected chi connectivity index (χ1v) is 4.98. The minimum absolute atomic E-state index is 0.0248. The molecule has 14 heavy (non-hydrogen) atoms. The summed E-state index contributed by atoms with van der Waals surface area (Å²) >= 11 is 0. The van der Waals surface area contributed by atoms with Gasteiger partial charge in [-0.15, -0.1) is 0 Å². The summed E-state index contributed by atoms with van der Waals surface area (Å²) in [5, 5.41) is 2.71. The van der Waals surface area contributed by atoms with Crippen LogP contribution in [0.15, 0.2) is 0 Å². The third kappa shape index (κ3) is 9.80. The van der Waals surface area contributed by atoms with Crippen molar-refractivity contribution < 1.29 is 13.2 Å². The lowest BCUT2D eigenvalue weighted by molar-refractivity contribution is -0.133. The van der Waals surface area contributed by atoms with Crippen LogP contribution in [0.1, 0.15) is 32.6 Å². The van der Waals surface area contributed by atoms with Gasteiger partial charge in [-0.3, -0.25) is 0 Å². The Bertz CT molecular complexity index is 137. The van der Waals surface area contributed by atoms with Crippen LogP contribution in [0.25, 0.3) is 0 Å². The molecule has 0 amide bonds. The van der Waals surface area contributed by atoms with Crippen LogP contribution in [0.3, 0.4) is 0 Å². The maximum absolute atomic E-state index is 11.7. The van der Waals surface area contributed by atoms with Crippen molar-refractivity contribution in [1.29, 1.82) is 0 Å². The zero-order valence-corrected chi connectivity index (χ0v) is 8.53. The van der Waals surface area contributed by atoms with Gasteiger partial charge in [-0.25, -0.2) is 0 Å². The summed E-state index contributed by atoms with van der Waals surface area (Å²) in [5.41, 5.74) is 5.67. The molecule has 1 unspecified atom stereocenters. The zero-order chi connectivity index (χ0) is 11.0. The molecule has 0 radical (unpaired) electrons. The fourth-order valence-corrected chi connectivity index (χ4v) is 1.09. The summed E-state index contributed by atoms with van der Waals surface area (Å²) in [7, 11) is 0. The summed E-state index contributed by atoms with van der Waals surface area (Å²) in [5.74, 6) is 0. The number of hydrogen-bond acceptors (Lipinski definition) is 2. The molecule has 0 aromatic heterocycles. The fraction of sp³-hybridized carbons (Fsp3) is 1.00. The number of halogens is 3. The van der Waals surface area contributed by atoms with E-state index in [1.54, 1.807) is 0 Å². The van der Waals surface area contributed by atoms with E-state index in [9.17, 15) is 13.2 Å². The van der Waals surface area contributed by atoms with E-state index in [0.29, 0.717) is 6.54 Å². The third-order valence-corrected chi connectivity index (χ3v) is 1.92. The van der Waals surface area contributed by atoms with Crippen LogP contribution in [0.2, 0.25) is 0 Å². The smallest absolute Gasteiger partial charge is 0.327 e. The van der Waals surface area contributed by atoms with Gasteiger partial charge in [-0.1, -0.05) is 19.8 Å². The molecule has 0 spiro atoms. The number of nitrogens with one attached hydrogen (secondary N) is 1. The van der Waals surface area contributed by atoms with Gasteiger partial charge in [0, 0.05) is 19.1 Å². The molecule has 3 N–H and O–H groups in total. The van der Waals surface area contributed by atoms with Gasteiger partial charge in [0.05, 0.1) is 6.42 Å². The number of rotatable bonds is 7. The summed E-state index contributed by atoms with van der Waals surface area (Å²) in [6.45, 7) is 2.49. The van der Waals surface area contributed by atoms with Crippen LogP contribution in [-0.4, -0.2) is 25.3 Å². The maximum atomic E-state index is 11.7. The third-order valence-electron chi connectivity index (χ3n) is 1.92. The molecule has 0 saturated carbocycles. The standard InChI is InChI=1S/C9H19F3N2/c1-2-3-4-8(13)7-14-6-5-9(10,11)12/h8,14H,2-7,13H2,1H3. The first-order chi connectivity index (χ1) is 6.45. The van der Waals surface area contributed by atoms with E-state index in [-0.39, 0.29) is 12.6 Å². The second kappa shape index (κ2) is 7.06. The highest BCUT2D eigenvalue weighted by atomic mass is 19.4. The van der Waals surface area contributed by atoms with Crippen molar-refractivity contribution in [3.8, 4) is 0 Å². The molecule has 5 heteroatoms. The number of unbranched alkanes of at least 4 members (excludes halogenated alkanes) is 1. The molecule has 0 heterocycles. The summed E-state index contributed by atoms with van der Waals surface area (Å²) in [4.78, 5) is 0. The molecule has 0 saturated heterocycles. The van der Waals surface area contributed by atoms with Gasteiger partial charge in [0.25, 0.3) is 0 Å². The summed E-state index contributed by atoms with van der Waals surface area (Å²) < 4.78 is 35.1. The molecule has 0 rings (SSSR count). The lowest BCUT2D eigenvalue weighted by Crippen LogP contribution is -2.35. The largest absolute Gasteiger partial charge is 0.390 e. The van der Waals surface area contributed by atoms with Crippen LogP contribution in [-0.2, 0) is 0 Å². The molecule has 0 bridgehead atoms. The molecular weight excluding hydrogens is 193 g/mol. The topological polar surface area (TPSA) is 38.0 Å². The number of alkyl halides is 3. The van der Waals surface area contributed by atoms with E-state index < -0.39 is 12.6 Å². The van der Waals surface area contributed by atoms with Gasteiger partial charge in [0.1, 0.15) is 0 Å². The highest BCUT2D eigenvalue weighted by molar-refractivity contribution is 4.65. The molecule has 86 valence electrons. The van der Waals surface area contributed by atoms with Crippen molar-refractivity contribution >= 4 is 0 Å². The quantitative estimate of drug-likeness (QED) is 0.634. The summed E-state index contributed by atoms with van der Waals surface area (Å²) in [6.07, 6.45) is -1.89. The minimum atomic E-state index is -4.07. The monoisotopic (exact) mass is 212 g/mol. The van der Waals surface area contributed by atoms with Crippen LogP contribution < -0.4 is 11.1 Å². The van der Waals surface area contributed by atoms with E-state index in [0.717, 1.165) is 19.3 Å². The first-order valence-electron chi connectivity index (χ1n) is 4.98. The Labute approximate surface area is 83.0 Å². The minimum Gasteiger partial charge on any atom is -0.327 e. The number of hydrogen-bond donors (Lipinski definition) is 2. The fourth-order valence-electron chi connectivity index (χ4n) is 1.09.